The predicted octanol–water partition coefficient (Wildman–Crippen LogP) is 1.98. The normalized spacial score (nSPS) is 15.4. The Hall–Kier alpha value is -1.74. The Morgan fingerprint density at radius 1 is 1.40 bits per heavy atom. The maximum absolute atomic E-state index is 12.7. The van der Waals surface area contributed by atoms with Crippen molar-refractivity contribution in [3.8, 4) is 0 Å². The molecule has 2 aromatic rings. The van der Waals surface area contributed by atoms with E-state index >= 15 is 0 Å². The molecule has 1 atom stereocenters. The van der Waals surface area contributed by atoms with E-state index in [4.69, 9.17) is 5.14 Å². The summed E-state index contributed by atoms with van der Waals surface area (Å²) in [4.78, 5) is 17.8. The molecule has 0 bridgehead atoms. The van der Waals surface area contributed by atoms with Crippen LogP contribution in [0.3, 0.4) is 0 Å². The van der Waals surface area contributed by atoms with Crippen LogP contribution in [-0.2, 0) is 21.2 Å². The van der Waals surface area contributed by atoms with Crippen molar-refractivity contribution in [2.24, 2.45) is 5.14 Å². The number of nitrogens with zero attached hydrogens (tertiary/aromatic N) is 2. The third-order valence-corrected chi connectivity index (χ3v) is 6.53. The minimum Gasteiger partial charge on any atom is -0.311 e. The van der Waals surface area contributed by atoms with Crippen molar-refractivity contribution in [2.45, 2.75) is 24.3 Å². The Morgan fingerprint density at radius 2 is 2.16 bits per heavy atom. The van der Waals surface area contributed by atoms with Crippen LogP contribution in [0.25, 0.3) is 0 Å². The van der Waals surface area contributed by atoms with Gasteiger partial charge in [-0.15, -0.1) is 11.3 Å². The number of thiophene rings is 1. The SMILES string of the molecule is C[C@H](c1cccs1)N(C)CC(=O)N1CCc2cc(S(N)(=O)=O)ccc21. The van der Waals surface area contributed by atoms with Crippen LogP contribution in [0.2, 0.25) is 0 Å². The second kappa shape index (κ2) is 6.87. The molecular formula is C17H21N3O3S2. The standard InChI is InChI=1S/C17H21N3O3S2/c1-12(16-4-3-9-24-16)19(2)11-17(21)20-8-7-13-10-14(25(18,22)23)5-6-15(13)20/h3-6,9-10,12H,7-8,11H2,1-2H3,(H2,18,22,23)/t12-/m1/s1. The summed E-state index contributed by atoms with van der Waals surface area (Å²) in [5.41, 5.74) is 1.61. The number of nitrogens with two attached hydrogens (primary N) is 1. The van der Waals surface area contributed by atoms with Gasteiger partial charge in [0.15, 0.2) is 0 Å². The zero-order valence-electron chi connectivity index (χ0n) is 14.2. The second-order valence-corrected chi connectivity index (χ2v) is 8.78. The van der Waals surface area contributed by atoms with E-state index in [9.17, 15) is 13.2 Å². The van der Waals surface area contributed by atoms with Crippen LogP contribution in [0, 0.1) is 0 Å². The fraction of sp³-hybridized carbons (Fsp3) is 0.353. The Kier molecular flexibility index (Phi) is 4.97. The van der Waals surface area contributed by atoms with Crippen molar-refractivity contribution >= 4 is 33.0 Å². The summed E-state index contributed by atoms with van der Waals surface area (Å²) >= 11 is 1.68. The number of sulfonamides is 1. The van der Waals surface area contributed by atoms with Crippen LogP contribution >= 0.6 is 11.3 Å². The second-order valence-electron chi connectivity index (χ2n) is 6.24. The average Bonchev–Trinajstić information content (AvgIpc) is 3.22. The lowest BCUT2D eigenvalue weighted by atomic mass is 10.2. The lowest BCUT2D eigenvalue weighted by molar-refractivity contribution is -0.119. The molecule has 0 aliphatic carbocycles. The number of carbonyl (C=O) groups excluding carboxylic acids is 1. The maximum atomic E-state index is 12.7. The quantitative estimate of drug-likeness (QED) is 0.861. The van der Waals surface area contributed by atoms with E-state index in [1.165, 1.54) is 10.9 Å². The number of hydrogen-bond acceptors (Lipinski definition) is 5. The summed E-state index contributed by atoms with van der Waals surface area (Å²) in [6, 6.07) is 8.93. The van der Waals surface area contributed by atoms with Gasteiger partial charge in [-0.1, -0.05) is 6.07 Å². The van der Waals surface area contributed by atoms with Crippen molar-refractivity contribution in [3.05, 3.63) is 46.2 Å². The van der Waals surface area contributed by atoms with E-state index in [1.807, 2.05) is 23.4 Å². The molecular weight excluding hydrogens is 358 g/mol. The highest BCUT2D eigenvalue weighted by Crippen LogP contribution is 2.30. The van der Waals surface area contributed by atoms with Crippen molar-refractivity contribution in [2.75, 3.05) is 25.0 Å². The summed E-state index contributed by atoms with van der Waals surface area (Å²) in [7, 11) is -1.79. The van der Waals surface area contributed by atoms with Gasteiger partial charge < -0.3 is 4.90 Å². The number of fused-ring (bicyclic) bond motifs is 1. The molecule has 1 aromatic carbocycles. The molecule has 0 spiro atoms. The van der Waals surface area contributed by atoms with Gasteiger partial charge in [0.05, 0.1) is 11.4 Å². The Bertz CT molecular complexity index is 879. The van der Waals surface area contributed by atoms with Gasteiger partial charge in [-0.25, -0.2) is 13.6 Å². The number of amides is 1. The maximum Gasteiger partial charge on any atom is 0.241 e. The first-order chi connectivity index (χ1) is 11.8. The number of hydrogen-bond donors (Lipinski definition) is 1. The number of carbonyl (C=O) groups is 1. The van der Waals surface area contributed by atoms with Gasteiger partial charge in [-0.05, 0) is 55.6 Å². The molecule has 1 aliphatic rings. The summed E-state index contributed by atoms with van der Waals surface area (Å²) in [5, 5.41) is 7.21. The summed E-state index contributed by atoms with van der Waals surface area (Å²) in [6.45, 7) is 2.94. The van der Waals surface area contributed by atoms with Gasteiger partial charge >= 0.3 is 0 Å². The molecule has 0 unspecified atom stereocenters. The highest BCUT2D eigenvalue weighted by molar-refractivity contribution is 7.89. The number of anilines is 1. The van der Waals surface area contributed by atoms with Gasteiger partial charge in [0.1, 0.15) is 0 Å². The number of rotatable bonds is 5. The van der Waals surface area contributed by atoms with Crippen LogP contribution in [0.1, 0.15) is 23.4 Å². The average molecular weight is 380 g/mol. The van der Waals surface area contributed by atoms with Crippen molar-refractivity contribution < 1.29 is 13.2 Å². The smallest absolute Gasteiger partial charge is 0.241 e. The first kappa shape index (κ1) is 18.1. The minimum atomic E-state index is -3.73. The van der Waals surface area contributed by atoms with Gasteiger partial charge in [0.25, 0.3) is 0 Å². The van der Waals surface area contributed by atoms with E-state index in [0.717, 1.165) is 11.3 Å². The van der Waals surface area contributed by atoms with E-state index in [-0.39, 0.29) is 16.8 Å². The van der Waals surface area contributed by atoms with Gasteiger partial charge in [0.2, 0.25) is 15.9 Å². The van der Waals surface area contributed by atoms with E-state index in [1.54, 1.807) is 28.4 Å². The fourth-order valence-corrected chi connectivity index (χ4v) is 4.41. The molecule has 2 N–H and O–H groups in total. The third-order valence-electron chi connectivity index (χ3n) is 4.58. The molecule has 6 nitrogen and oxygen atoms in total. The third kappa shape index (κ3) is 3.77. The highest BCUT2D eigenvalue weighted by Gasteiger charge is 2.27. The lowest BCUT2D eigenvalue weighted by Crippen LogP contribution is -2.38. The molecule has 1 amide bonds. The molecule has 3 rings (SSSR count). The van der Waals surface area contributed by atoms with Crippen LogP contribution in [0.15, 0.2) is 40.6 Å². The van der Waals surface area contributed by atoms with Gasteiger partial charge in [-0.2, -0.15) is 0 Å². The molecule has 1 aromatic heterocycles. The molecule has 8 heteroatoms. The molecule has 0 saturated heterocycles. The van der Waals surface area contributed by atoms with Crippen molar-refractivity contribution in [3.63, 3.8) is 0 Å². The summed E-state index contributed by atoms with van der Waals surface area (Å²) in [6.07, 6.45) is 0.634. The van der Waals surface area contributed by atoms with E-state index in [0.29, 0.717) is 19.5 Å². The highest BCUT2D eigenvalue weighted by atomic mass is 32.2. The van der Waals surface area contributed by atoms with Gasteiger partial charge in [0, 0.05) is 23.2 Å². The first-order valence-corrected chi connectivity index (χ1v) is 10.4. The van der Waals surface area contributed by atoms with E-state index < -0.39 is 10.0 Å². The summed E-state index contributed by atoms with van der Waals surface area (Å²) < 4.78 is 22.9. The zero-order chi connectivity index (χ0) is 18.2. The van der Waals surface area contributed by atoms with Crippen molar-refractivity contribution in [1.29, 1.82) is 0 Å². The van der Waals surface area contributed by atoms with Gasteiger partial charge in [-0.3, -0.25) is 9.69 Å². The van der Waals surface area contributed by atoms with Crippen molar-refractivity contribution in [1.82, 2.24) is 4.90 Å². The number of benzene rings is 1. The molecule has 0 fully saturated rings. The molecule has 2 heterocycles. The van der Waals surface area contributed by atoms with Crippen LogP contribution in [0.4, 0.5) is 5.69 Å². The van der Waals surface area contributed by atoms with Crippen LogP contribution in [-0.4, -0.2) is 39.4 Å². The topological polar surface area (TPSA) is 83.7 Å². The predicted molar refractivity (Wildman–Crippen MR) is 99.2 cm³/mol. The number of likely N-dealkylation sites (N-methyl/N-ethyl adjacent to an activating group) is 1. The monoisotopic (exact) mass is 379 g/mol. The van der Waals surface area contributed by atoms with Crippen LogP contribution in [0.5, 0.6) is 0 Å². The molecule has 1 aliphatic heterocycles. The fourth-order valence-electron chi connectivity index (χ4n) is 3.00. The summed E-state index contributed by atoms with van der Waals surface area (Å²) in [5.74, 6) is 0.00742. The molecule has 25 heavy (non-hydrogen) atoms. The Balaban J connectivity index is 1.73. The largest absolute Gasteiger partial charge is 0.311 e. The molecule has 0 radical (unpaired) electrons. The number of primary sulfonamides is 1. The Morgan fingerprint density at radius 3 is 2.80 bits per heavy atom. The van der Waals surface area contributed by atoms with Crippen LogP contribution < -0.4 is 10.0 Å². The minimum absolute atomic E-state index is 0.00742. The molecule has 0 saturated carbocycles. The first-order valence-electron chi connectivity index (χ1n) is 7.97. The molecule has 134 valence electrons. The Labute approximate surface area is 151 Å². The van der Waals surface area contributed by atoms with E-state index in [2.05, 4.69) is 13.0 Å². The zero-order valence-corrected chi connectivity index (χ0v) is 15.8. The lowest BCUT2D eigenvalue weighted by Gasteiger charge is -2.26.